The third-order valence-corrected chi connectivity index (χ3v) is 17.3. The Balaban J connectivity index is 1.19. The van der Waals surface area contributed by atoms with Crippen LogP contribution in [0.25, 0.3) is 59.4 Å². The van der Waals surface area contributed by atoms with Gasteiger partial charge in [-0.3, -0.25) is 0 Å². The zero-order valence-corrected chi connectivity index (χ0v) is 41.5. The Bertz CT molecular complexity index is 3520. The van der Waals surface area contributed by atoms with Crippen LogP contribution in [-0.4, -0.2) is 16.1 Å². The molecule has 70 heavy (non-hydrogen) atoms. The first-order chi connectivity index (χ1) is 33.5. The Labute approximate surface area is 407 Å². The quantitative estimate of drug-likeness (QED) is 0.0593. The molecule has 4 nitrogen and oxygen atoms in total. The lowest BCUT2D eigenvalue weighted by molar-refractivity contribution is 0.604. The fourth-order valence-corrected chi connectivity index (χ4v) is 13.2. The van der Waals surface area contributed by atoms with E-state index in [1.807, 2.05) is 97.1 Å². The van der Waals surface area contributed by atoms with Gasteiger partial charge in [0.05, 0.1) is 57.1 Å². The van der Waals surface area contributed by atoms with E-state index in [0.29, 0.717) is 45.1 Å². The largest absolute Gasteiger partial charge is 0.307 e. The molecule has 0 unspecified atom stereocenters. The Morgan fingerprint density at radius 3 is 1.24 bits per heavy atom. The third kappa shape index (κ3) is 7.95. The van der Waals surface area contributed by atoms with E-state index >= 15 is 17.6 Å². The van der Waals surface area contributed by atoms with Gasteiger partial charge in [-0.2, -0.15) is 5.26 Å². The molecule has 0 saturated heterocycles. The van der Waals surface area contributed by atoms with E-state index < -0.39 is 39.4 Å². The molecule has 0 aliphatic heterocycles. The molecule has 0 heterocycles. The number of hydrogen-bond acceptors (Lipinski definition) is 3. The van der Waals surface area contributed by atoms with Gasteiger partial charge < -0.3 is 9.80 Å². The lowest BCUT2D eigenvalue weighted by atomic mass is 9.91. The average molecular weight is 955 g/mol. The van der Waals surface area contributed by atoms with Crippen molar-refractivity contribution >= 4 is 98.7 Å². The summed E-state index contributed by atoms with van der Waals surface area (Å²) in [6.07, 6.45) is 0. The summed E-state index contributed by atoms with van der Waals surface area (Å²) in [5.74, 6) is -2.42. The summed E-state index contributed by atoms with van der Waals surface area (Å²) in [5.41, 5.74) is 4.58. The molecule has 10 heteroatoms. The van der Waals surface area contributed by atoms with Crippen molar-refractivity contribution in [2.45, 2.75) is 39.3 Å². The molecule has 10 rings (SSSR count). The van der Waals surface area contributed by atoms with Crippen molar-refractivity contribution in [1.82, 2.24) is 0 Å². The summed E-state index contributed by atoms with van der Waals surface area (Å²) >= 11 is 0. The number of anilines is 6. The number of nitriles is 1. The number of rotatable bonds is 10. The molecule has 10 aromatic rings. The normalized spacial score (nSPS) is 11.8. The first-order valence-corrected chi connectivity index (χ1v) is 30.0. The zero-order chi connectivity index (χ0) is 49.2. The SMILES string of the molecule is [C-]#[N+]c1ccc(N(c2cc(F)c(-c3ccccc3[Si](C)(C)C)cc2F)c2ccc3ccc4c(N(c5ccc(C#N)cc5)c5cc(F)c(-c6ccccc6[Si](C)(C)C)cc5F)ccc5ccc2c3c54)cc1. The van der Waals surface area contributed by atoms with Crippen molar-refractivity contribution in [3.63, 3.8) is 0 Å². The van der Waals surface area contributed by atoms with Gasteiger partial charge in [0.25, 0.3) is 0 Å². The smallest absolute Gasteiger partial charge is 0.187 e. The molecular weight excluding hydrogens is 909 g/mol. The van der Waals surface area contributed by atoms with E-state index in [-0.39, 0.29) is 22.5 Å². The molecule has 0 radical (unpaired) electrons. The minimum atomic E-state index is -1.97. The maximum atomic E-state index is 17.1. The van der Waals surface area contributed by atoms with Crippen LogP contribution in [0.5, 0.6) is 0 Å². The van der Waals surface area contributed by atoms with Crippen LogP contribution in [-0.2, 0) is 0 Å². The highest BCUT2D eigenvalue weighted by molar-refractivity contribution is 6.90. The highest BCUT2D eigenvalue weighted by atomic mass is 28.3. The molecule has 0 fully saturated rings. The minimum Gasteiger partial charge on any atom is -0.307 e. The predicted molar refractivity (Wildman–Crippen MR) is 287 cm³/mol. The highest BCUT2D eigenvalue weighted by Crippen LogP contribution is 2.49. The van der Waals surface area contributed by atoms with Crippen LogP contribution < -0.4 is 20.2 Å². The zero-order valence-electron chi connectivity index (χ0n) is 39.5. The summed E-state index contributed by atoms with van der Waals surface area (Å²) in [5, 5.41) is 16.6. The maximum Gasteiger partial charge on any atom is 0.187 e. The van der Waals surface area contributed by atoms with E-state index in [4.69, 9.17) is 6.57 Å². The van der Waals surface area contributed by atoms with Crippen molar-refractivity contribution in [3.8, 4) is 28.3 Å². The number of nitrogens with zero attached hydrogens (tertiary/aromatic N) is 4. The van der Waals surface area contributed by atoms with Gasteiger partial charge in [-0.15, -0.1) is 0 Å². The van der Waals surface area contributed by atoms with Crippen molar-refractivity contribution in [2.24, 2.45) is 0 Å². The summed E-state index contributed by atoms with van der Waals surface area (Å²) in [7, 11) is -3.94. The van der Waals surface area contributed by atoms with E-state index in [2.05, 4.69) is 50.2 Å². The van der Waals surface area contributed by atoms with Gasteiger partial charge in [0, 0.05) is 45.4 Å². The molecule has 0 spiro atoms. The summed E-state index contributed by atoms with van der Waals surface area (Å²) in [6, 6.07) is 51.5. The third-order valence-electron chi connectivity index (χ3n) is 13.2. The van der Waals surface area contributed by atoms with Crippen LogP contribution >= 0.6 is 0 Å². The highest BCUT2D eigenvalue weighted by Gasteiger charge is 2.29. The van der Waals surface area contributed by atoms with Gasteiger partial charge in [-0.05, 0) is 93.3 Å². The summed E-state index contributed by atoms with van der Waals surface area (Å²) < 4.78 is 67.9. The lowest BCUT2D eigenvalue weighted by Gasteiger charge is -2.30. The number of halogens is 4. The Kier molecular flexibility index (Phi) is 11.4. The van der Waals surface area contributed by atoms with Crippen LogP contribution in [0.2, 0.25) is 39.3 Å². The van der Waals surface area contributed by atoms with Crippen molar-refractivity contribution < 1.29 is 17.6 Å². The Morgan fingerprint density at radius 1 is 0.443 bits per heavy atom. The molecule has 0 amide bonds. The second kappa shape index (κ2) is 17.5. The summed E-state index contributed by atoms with van der Waals surface area (Å²) in [6.45, 7) is 20.7. The number of hydrogen-bond donors (Lipinski definition) is 0. The van der Waals surface area contributed by atoms with Crippen molar-refractivity contribution in [3.05, 3.63) is 210 Å². The van der Waals surface area contributed by atoms with Gasteiger partial charge in [0.15, 0.2) is 5.69 Å². The second-order valence-corrected chi connectivity index (χ2v) is 29.8. The van der Waals surface area contributed by atoms with Crippen molar-refractivity contribution in [2.75, 3.05) is 9.80 Å². The van der Waals surface area contributed by atoms with E-state index in [0.717, 1.165) is 42.7 Å². The fraction of sp³-hybridized carbons (Fsp3) is 0.100. The van der Waals surface area contributed by atoms with Crippen LogP contribution in [0.1, 0.15) is 5.56 Å². The van der Waals surface area contributed by atoms with Crippen LogP contribution in [0.3, 0.4) is 0 Å². The topological polar surface area (TPSA) is 34.6 Å². The summed E-state index contributed by atoms with van der Waals surface area (Å²) in [4.78, 5) is 6.96. The molecule has 0 aliphatic carbocycles. The Morgan fingerprint density at radius 2 is 0.843 bits per heavy atom. The van der Waals surface area contributed by atoms with E-state index in [1.165, 1.54) is 24.3 Å². The van der Waals surface area contributed by atoms with Gasteiger partial charge in [0.1, 0.15) is 23.3 Å². The van der Waals surface area contributed by atoms with Crippen LogP contribution in [0.4, 0.5) is 57.4 Å². The van der Waals surface area contributed by atoms with E-state index in [9.17, 15) is 5.26 Å². The average Bonchev–Trinajstić information content (AvgIpc) is 3.35. The molecule has 0 saturated carbocycles. The molecule has 342 valence electrons. The fourth-order valence-electron chi connectivity index (χ4n) is 9.91. The Hall–Kier alpha value is -8.03. The van der Waals surface area contributed by atoms with Crippen LogP contribution in [0, 0.1) is 41.2 Å². The lowest BCUT2D eigenvalue weighted by Crippen LogP contribution is -2.39. The van der Waals surface area contributed by atoms with Gasteiger partial charge in [-0.1, -0.05) is 147 Å². The van der Waals surface area contributed by atoms with E-state index in [1.54, 1.807) is 58.3 Å². The van der Waals surface area contributed by atoms with Gasteiger partial charge in [0.2, 0.25) is 0 Å². The van der Waals surface area contributed by atoms with Crippen molar-refractivity contribution in [1.29, 1.82) is 5.26 Å². The van der Waals surface area contributed by atoms with Gasteiger partial charge >= 0.3 is 0 Å². The van der Waals surface area contributed by atoms with Gasteiger partial charge in [-0.25, -0.2) is 22.4 Å². The van der Waals surface area contributed by atoms with Crippen LogP contribution in [0.15, 0.2) is 170 Å². The molecule has 0 bridgehead atoms. The molecule has 0 N–H and O–H groups in total. The second-order valence-electron chi connectivity index (χ2n) is 19.7. The molecular formula is C60H46F4N4Si2. The molecule has 0 atom stereocenters. The minimum absolute atomic E-state index is 0.0153. The molecule has 0 aliphatic rings. The molecule has 0 aromatic heterocycles. The first kappa shape index (κ1) is 45.7. The maximum absolute atomic E-state index is 17.1. The standard InChI is InChI=1S/C60H46F4N4Si2/c1-66-40-22-26-42(27-23-40)68(56-35-50(62)48(33-52(56)64)44-13-9-11-15-58(44)70(5,6)7)54-31-21-39-18-28-45-53(30-20-38-19-29-46(54)60(39)59(38)45)67(41-24-16-37(36-65)17-25-41)55-34-49(61)47(32-51(55)63)43-12-8-10-14-57(43)69(2,3)4/h8-35H,2-7H3. The number of benzene rings is 10. The first-order valence-electron chi connectivity index (χ1n) is 23.0. The molecule has 10 aromatic carbocycles. The predicted octanol–water partition coefficient (Wildman–Crippen LogP) is 16.9. The monoisotopic (exact) mass is 954 g/mol.